The molecule has 1 aromatic carbocycles. The van der Waals surface area contributed by atoms with Crippen molar-refractivity contribution in [2.45, 2.75) is 45.1 Å². The van der Waals surface area contributed by atoms with Crippen LogP contribution in [0.3, 0.4) is 0 Å². The van der Waals surface area contributed by atoms with Gasteiger partial charge in [0.1, 0.15) is 17.8 Å². The monoisotopic (exact) mass is 482 g/mol. The number of nitrogens with zero attached hydrogens (tertiary/aromatic N) is 5. The summed E-state index contributed by atoms with van der Waals surface area (Å²) >= 11 is 0. The molecule has 36 heavy (non-hydrogen) atoms. The van der Waals surface area contributed by atoms with E-state index in [0.717, 1.165) is 46.1 Å². The first kappa shape index (κ1) is 22.0. The van der Waals surface area contributed by atoms with Crippen LogP contribution in [0.25, 0.3) is 33.1 Å². The van der Waals surface area contributed by atoms with Gasteiger partial charge in [0, 0.05) is 40.9 Å². The summed E-state index contributed by atoms with van der Waals surface area (Å²) in [6.07, 6.45) is 7.55. The first-order valence-electron chi connectivity index (χ1n) is 11.8. The minimum atomic E-state index is -0.450. The molecule has 0 unspecified atom stereocenters. The Morgan fingerprint density at radius 3 is 2.69 bits per heavy atom. The third-order valence-electron chi connectivity index (χ3n) is 6.40. The maximum Gasteiger partial charge on any atom is 0.326 e. The minimum Gasteiger partial charge on any atom is -0.383 e. The van der Waals surface area contributed by atoms with Gasteiger partial charge in [0.05, 0.1) is 22.3 Å². The Balaban J connectivity index is 1.37. The third-order valence-corrected chi connectivity index (χ3v) is 6.40. The molecule has 1 fully saturated rings. The minimum absolute atomic E-state index is 0.188. The van der Waals surface area contributed by atoms with Crippen LogP contribution in [-0.4, -0.2) is 30.7 Å². The Morgan fingerprint density at radius 2 is 1.94 bits per heavy atom. The number of rotatable bonds is 4. The van der Waals surface area contributed by atoms with Gasteiger partial charge < -0.3 is 20.1 Å². The van der Waals surface area contributed by atoms with E-state index >= 15 is 0 Å². The zero-order valence-electron chi connectivity index (χ0n) is 20.2. The maximum atomic E-state index is 12.8. The molecule has 2 amide bonds. The zero-order valence-corrected chi connectivity index (χ0v) is 20.2. The molecule has 10 nitrogen and oxygen atoms in total. The molecule has 10 heteroatoms. The molecule has 0 atom stereocenters. The molecule has 0 bridgehead atoms. The van der Waals surface area contributed by atoms with E-state index < -0.39 is 6.03 Å². The van der Waals surface area contributed by atoms with Gasteiger partial charge in [-0.15, -0.1) is 0 Å². The van der Waals surface area contributed by atoms with Gasteiger partial charge in [0.25, 0.3) is 0 Å². The molecule has 0 spiro atoms. The average Bonchev–Trinajstić information content (AvgIpc) is 3.44. The van der Waals surface area contributed by atoms with Crippen LogP contribution in [0.15, 0.2) is 53.6 Å². The molecule has 1 aliphatic rings. The number of pyridine rings is 1. The summed E-state index contributed by atoms with van der Waals surface area (Å²) in [6.45, 7) is 6.07. The van der Waals surface area contributed by atoms with Crippen molar-refractivity contribution >= 4 is 45.4 Å². The van der Waals surface area contributed by atoms with E-state index in [9.17, 15) is 4.79 Å². The third kappa shape index (κ3) is 3.80. The molecule has 0 saturated heterocycles. The van der Waals surface area contributed by atoms with Crippen LogP contribution in [0.1, 0.15) is 45.3 Å². The number of urea groups is 1. The number of hydrogen-bond acceptors (Lipinski definition) is 7. The summed E-state index contributed by atoms with van der Waals surface area (Å²) in [5, 5.41) is 11.3. The lowest BCUT2D eigenvalue weighted by molar-refractivity contribution is 0.261. The number of benzene rings is 1. The number of nitrogen functional groups attached to an aromatic ring is 1. The summed E-state index contributed by atoms with van der Waals surface area (Å²) < 4.78 is 7.47. The van der Waals surface area contributed by atoms with E-state index in [0.29, 0.717) is 23.1 Å². The fourth-order valence-corrected chi connectivity index (χ4v) is 4.41. The highest BCUT2D eigenvalue weighted by molar-refractivity contribution is 6.11. The largest absolute Gasteiger partial charge is 0.383 e. The predicted octanol–water partition coefficient (Wildman–Crippen LogP) is 5.49. The van der Waals surface area contributed by atoms with Crippen LogP contribution in [0.5, 0.6) is 0 Å². The van der Waals surface area contributed by atoms with Crippen molar-refractivity contribution in [1.82, 2.24) is 24.7 Å². The number of nitrogens with one attached hydrogen (secondary N) is 2. The van der Waals surface area contributed by atoms with Crippen molar-refractivity contribution in [3.63, 3.8) is 0 Å². The molecular weight excluding hydrogens is 456 g/mol. The molecular formula is C26H26N8O2. The number of amides is 2. The van der Waals surface area contributed by atoms with Crippen LogP contribution >= 0.6 is 0 Å². The van der Waals surface area contributed by atoms with Gasteiger partial charge >= 0.3 is 6.03 Å². The second-order valence-corrected chi connectivity index (χ2v) is 10.1. The van der Waals surface area contributed by atoms with Crippen LogP contribution in [0, 0.1) is 0 Å². The first-order chi connectivity index (χ1) is 17.3. The number of hydrogen-bond donors (Lipinski definition) is 3. The number of aromatic nitrogens is 5. The Kier molecular flexibility index (Phi) is 4.92. The van der Waals surface area contributed by atoms with E-state index in [-0.39, 0.29) is 11.3 Å². The van der Waals surface area contributed by atoms with E-state index in [2.05, 4.69) is 41.5 Å². The quantitative estimate of drug-likeness (QED) is 0.308. The van der Waals surface area contributed by atoms with Gasteiger partial charge in [-0.1, -0.05) is 38.1 Å². The van der Waals surface area contributed by atoms with E-state index in [4.69, 9.17) is 10.3 Å². The van der Waals surface area contributed by atoms with E-state index in [1.807, 2.05) is 45.0 Å². The highest BCUT2D eigenvalue weighted by Crippen LogP contribution is 2.43. The standard InChI is InChI=1S/C26H26N8O2/c1-26(2,3)19-11-20(36-33-19)32-25(35)31-18-9-8-15(16-5-4-10-28-22(16)18)17-12-34(14-6-7-14)24-21(17)23(27)29-13-30-24/h4-5,8-14H,6-7H2,1-3H3,(H2,27,29,30)(H2,31,32,35). The lowest BCUT2D eigenvalue weighted by Gasteiger charge is -2.12. The van der Waals surface area contributed by atoms with Gasteiger partial charge in [-0.05, 0) is 30.5 Å². The van der Waals surface area contributed by atoms with Crippen molar-refractivity contribution in [3.05, 3.63) is 54.7 Å². The van der Waals surface area contributed by atoms with Crippen LogP contribution in [-0.2, 0) is 5.41 Å². The summed E-state index contributed by atoms with van der Waals surface area (Å²) in [7, 11) is 0. The predicted molar refractivity (Wildman–Crippen MR) is 139 cm³/mol. The molecule has 0 radical (unpaired) electrons. The number of carbonyl (C=O) groups excluding carboxylic acids is 1. The molecule has 4 N–H and O–H groups in total. The van der Waals surface area contributed by atoms with Crippen molar-refractivity contribution < 1.29 is 9.32 Å². The summed E-state index contributed by atoms with van der Waals surface area (Å²) in [5.41, 5.74) is 10.8. The normalized spacial score (nSPS) is 13.9. The van der Waals surface area contributed by atoms with Gasteiger partial charge in [-0.2, -0.15) is 0 Å². The average molecular weight is 483 g/mol. The maximum absolute atomic E-state index is 12.8. The Hall–Kier alpha value is -4.47. The Bertz CT molecular complexity index is 1620. The molecule has 4 aromatic heterocycles. The number of fused-ring (bicyclic) bond motifs is 2. The smallest absolute Gasteiger partial charge is 0.326 e. The molecule has 6 rings (SSSR count). The lowest BCUT2D eigenvalue weighted by atomic mass is 9.92. The highest BCUT2D eigenvalue weighted by Gasteiger charge is 2.28. The number of nitrogens with two attached hydrogens (primary N) is 1. The summed E-state index contributed by atoms with van der Waals surface area (Å²) in [5.74, 6) is 0.712. The lowest BCUT2D eigenvalue weighted by Crippen LogP contribution is -2.19. The fourth-order valence-electron chi connectivity index (χ4n) is 4.41. The zero-order chi connectivity index (χ0) is 25.0. The fraction of sp³-hybridized carbons (Fsp3) is 0.269. The van der Waals surface area contributed by atoms with Gasteiger partial charge in [-0.25, -0.2) is 14.8 Å². The van der Waals surface area contributed by atoms with Gasteiger partial charge in [0.15, 0.2) is 0 Å². The van der Waals surface area contributed by atoms with Gasteiger partial charge in [0.2, 0.25) is 5.88 Å². The second kappa shape index (κ2) is 8.04. The van der Waals surface area contributed by atoms with Crippen molar-refractivity contribution in [3.8, 4) is 11.1 Å². The SMILES string of the molecule is CC(C)(C)c1cc(NC(=O)Nc2ccc(-c3cn(C4CC4)c4ncnc(N)c34)c3cccnc23)on1. The first-order valence-corrected chi connectivity index (χ1v) is 11.8. The number of carbonyl (C=O) groups is 1. The highest BCUT2D eigenvalue weighted by atomic mass is 16.5. The molecule has 1 saturated carbocycles. The number of anilines is 3. The molecule has 5 aromatic rings. The summed E-state index contributed by atoms with van der Waals surface area (Å²) in [4.78, 5) is 26.1. The van der Waals surface area contributed by atoms with Crippen LogP contribution in [0.4, 0.5) is 22.2 Å². The topological polar surface area (TPSA) is 137 Å². The molecule has 1 aliphatic carbocycles. The summed E-state index contributed by atoms with van der Waals surface area (Å²) in [6, 6.07) is 9.36. The van der Waals surface area contributed by atoms with Crippen molar-refractivity contribution in [2.75, 3.05) is 16.4 Å². The Morgan fingerprint density at radius 1 is 1.11 bits per heavy atom. The van der Waals surface area contributed by atoms with Gasteiger partial charge in [-0.3, -0.25) is 10.3 Å². The van der Waals surface area contributed by atoms with Crippen molar-refractivity contribution in [1.29, 1.82) is 0 Å². The van der Waals surface area contributed by atoms with Crippen LogP contribution < -0.4 is 16.4 Å². The van der Waals surface area contributed by atoms with Crippen LogP contribution in [0.2, 0.25) is 0 Å². The second-order valence-electron chi connectivity index (χ2n) is 10.1. The molecule has 0 aliphatic heterocycles. The van der Waals surface area contributed by atoms with Crippen molar-refractivity contribution in [2.24, 2.45) is 0 Å². The van der Waals surface area contributed by atoms with E-state index in [1.54, 1.807) is 12.3 Å². The molecule has 4 heterocycles. The van der Waals surface area contributed by atoms with E-state index in [1.165, 1.54) is 6.33 Å². The Labute approximate surface area is 206 Å². The molecule has 182 valence electrons.